The number of nitrogens with zero attached hydrogens (tertiary/aromatic N) is 2. The van der Waals surface area contributed by atoms with E-state index in [2.05, 4.69) is 15.5 Å². The van der Waals surface area contributed by atoms with Crippen LogP contribution in [-0.2, 0) is 20.3 Å². The monoisotopic (exact) mass is 423 g/mol. The normalized spacial score (nSPS) is 13.4. The molecule has 0 spiro atoms. The van der Waals surface area contributed by atoms with Gasteiger partial charge in [0.05, 0.1) is 5.75 Å². The highest BCUT2D eigenvalue weighted by atomic mass is 32.2. The summed E-state index contributed by atoms with van der Waals surface area (Å²) in [6.45, 7) is 12.7. The summed E-state index contributed by atoms with van der Waals surface area (Å²) in [7, 11) is -3.83. The maximum atomic E-state index is 12.8. The minimum Gasteiger partial charge on any atom is -0.444 e. The van der Waals surface area contributed by atoms with Crippen LogP contribution in [0.3, 0.4) is 0 Å². The average molecular weight is 424 g/mol. The van der Waals surface area contributed by atoms with Gasteiger partial charge in [-0.2, -0.15) is 0 Å². The fourth-order valence-electron chi connectivity index (χ4n) is 2.64. The molecule has 2 aromatic rings. The molecule has 9 heteroatoms. The van der Waals surface area contributed by atoms with Gasteiger partial charge in [-0.3, -0.25) is 0 Å². The largest absolute Gasteiger partial charge is 0.444 e. The first-order chi connectivity index (χ1) is 13.3. The molecule has 1 heterocycles. The van der Waals surface area contributed by atoms with Crippen molar-refractivity contribution in [2.75, 3.05) is 0 Å². The van der Waals surface area contributed by atoms with Crippen LogP contribution in [-0.4, -0.2) is 30.3 Å². The minimum atomic E-state index is -3.83. The number of nitrogens with one attached hydrogen (secondary N) is 1. The number of ether oxygens (including phenoxy) is 1. The molecule has 0 saturated carbocycles. The SMILES string of the molecule is Cc1ccc(C)c(CS(=O)(=O)c2nnc([C@H](NC(=O)OC(C)(C)C)C(C)C)o2)c1. The van der Waals surface area contributed by atoms with Gasteiger partial charge in [0.15, 0.2) is 0 Å². The standard InChI is InChI=1S/C20H29N3O5S/c1-12(2)16(21-18(24)28-20(5,6)7)17-22-23-19(27-17)29(25,26)11-15-10-13(3)8-9-14(15)4/h8-10,12,16H,11H2,1-7H3,(H,21,24)/t16-/m1/s1. The number of benzene rings is 1. The Kier molecular flexibility index (Phi) is 6.72. The van der Waals surface area contributed by atoms with Crippen LogP contribution in [0, 0.1) is 19.8 Å². The van der Waals surface area contributed by atoms with Crippen LogP contribution in [0.5, 0.6) is 0 Å². The predicted molar refractivity (Wildman–Crippen MR) is 108 cm³/mol. The second-order valence-electron chi connectivity index (χ2n) is 8.46. The average Bonchev–Trinajstić information content (AvgIpc) is 3.04. The van der Waals surface area contributed by atoms with Gasteiger partial charge in [0.1, 0.15) is 11.6 Å². The van der Waals surface area contributed by atoms with Gasteiger partial charge < -0.3 is 14.5 Å². The molecule has 160 valence electrons. The molecular formula is C20H29N3O5S. The van der Waals surface area contributed by atoms with E-state index in [4.69, 9.17) is 9.15 Å². The first-order valence-corrected chi connectivity index (χ1v) is 11.1. The summed E-state index contributed by atoms with van der Waals surface area (Å²) in [5.74, 6) is -0.350. The van der Waals surface area contributed by atoms with Crippen molar-refractivity contribution in [1.82, 2.24) is 15.5 Å². The Labute approximate surface area is 172 Å². The molecule has 1 aromatic heterocycles. The zero-order valence-electron chi connectivity index (χ0n) is 17.9. The van der Waals surface area contributed by atoms with Crippen molar-refractivity contribution in [2.24, 2.45) is 5.92 Å². The Morgan fingerprint density at radius 3 is 2.45 bits per heavy atom. The molecule has 1 amide bonds. The Bertz CT molecular complexity index is 974. The molecule has 0 aliphatic rings. The number of rotatable bonds is 6. The molecule has 1 atom stereocenters. The number of alkyl carbamates (subject to hydrolysis) is 1. The minimum absolute atomic E-state index is 0.0189. The van der Waals surface area contributed by atoms with Gasteiger partial charge in [0.2, 0.25) is 15.7 Å². The van der Waals surface area contributed by atoms with E-state index in [9.17, 15) is 13.2 Å². The maximum Gasteiger partial charge on any atom is 0.408 e. The highest BCUT2D eigenvalue weighted by Crippen LogP contribution is 2.25. The van der Waals surface area contributed by atoms with E-state index >= 15 is 0 Å². The molecule has 0 aliphatic heterocycles. The first kappa shape index (κ1) is 22.9. The fraction of sp³-hybridized carbons (Fsp3) is 0.550. The molecule has 0 aliphatic carbocycles. The van der Waals surface area contributed by atoms with E-state index in [1.165, 1.54) is 0 Å². The smallest absolute Gasteiger partial charge is 0.408 e. The lowest BCUT2D eigenvalue weighted by atomic mass is 10.1. The number of carbonyl (C=O) groups is 1. The van der Waals surface area contributed by atoms with Crippen LogP contribution < -0.4 is 5.32 Å². The summed E-state index contributed by atoms with van der Waals surface area (Å²) in [5.41, 5.74) is 1.84. The fourth-order valence-corrected chi connectivity index (χ4v) is 3.86. The number of carbonyl (C=O) groups excluding carboxylic acids is 1. The van der Waals surface area contributed by atoms with Crippen LogP contribution in [0.1, 0.15) is 63.2 Å². The Morgan fingerprint density at radius 1 is 1.21 bits per heavy atom. The van der Waals surface area contributed by atoms with Crippen LogP contribution in [0.15, 0.2) is 27.8 Å². The zero-order valence-corrected chi connectivity index (χ0v) is 18.8. The molecular weight excluding hydrogens is 394 g/mol. The van der Waals surface area contributed by atoms with Crippen LogP contribution >= 0.6 is 0 Å². The van der Waals surface area contributed by atoms with Gasteiger partial charge in [0, 0.05) is 0 Å². The molecule has 8 nitrogen and oxygen atoms in total. The lowest BCUT2D eigenvalue weighted by molar-refractivity contribution is 0.0477. The van der Waals surface area contributed by atoms with E-state index in [-0.39, 0.29) is 17.6 Å². The maximum absolute atomic E-state index is 12.8. The van der Waals surface area contributed by atoms with E-state index < -0.39 is 32.8 Å². The zero-order chi connectivity index (χ0) is 22.0. The lowest BCUT2D eigenvalue weighted by Gasteiger charge is -2.23. The quantitative estimate of drug-likeness (QED) is 0.750. The van der Waals surface area contributed by atoms with Crippen molar-refractivity contribution >= 4 is 15.9 Å². The summed E-state index contributed by atoms with van der Waals surface area (Å²) in [6, 6.07) is 4.94. The van der Waals surface area contributed by atoms with Crippen molar-refractivity contribution in [1.29, 1.82) is 0 Å². The van der Waals surface area contributed by atoms with Crippen LogP contribution in [0.2, 0.25) is 0 Å². The van der Waals surface area contributed by atoms with Crippen molar-refractivity contribution in [3.8, 4) is 0 Å². The van der Waals surface area contributed by atoms with Crippen LogP contribution in [0.4, 0.5) is 4.79 Å². The van der Waals surface area contributed by atoms with Gasteiger partial charge in [-0.1, -0.05) is 42.7 Å². The van der Waals surface area contributed by atoms with Crippen LogP contribution in [0.25, 0.3) is 0 Å². The number of sulfone groups is 1. The van der Waals surface area contributed by atoms with Crippen molar-refractivity contribution in [3.63, 3.8) is 0 Å². The summed E-state index contributed by atoms with van der Waals surface area (Å²) >= 11 is 0. The summed E-state index contributed by atoms with van der Waals surface area (Å²) in [6.07, 6.45) is -0.644. The molecule has 0 fully saturated rings. The molecule has 29 heavy (non-hydrogen) atoms. The van der Waals surface area contributed by atoms with Gasteiger partial charge in [-0.15, -0.1) is 5.10 Å². The number of hydrogen-bond donors (Lipinski definition) is 1. The third-order valence-corrected chi connectivity index (χ3v) is 5.53. The topological polar surface area (TPSA) is 111 Å². The second-order valence-corrected chi connectivity index (χ2v) is 10.3. The second kappa shape index (κ2) is 8.52. The van der Waals surface area contributed by atoms with E-state index in [0.29, 0.717) is 5.56 Å². The van der Waals surface area contributed by atoms with Crippen molar-refractivity contribution in [3.05, 3.63) is 40.8 Å². The molecule has 1 aromatic carbocycles. The Balaban J connectivity index is 2.24. The molecule has 1 N–H and O–H groups in total. The van der Waals surface area contributed by atoms with E-state index in [1.807, 2.05) is 45.9 Å². The summed E-state index contributed by atoms with van der Waals surface area (Å²) in [5, 5.41) is 9.79. The van der Waals surface area contributed by atoms with Crippen molar-refractivity contribution < 1.29 is 22.4 Å². The van der Waals surface area contributed by atoms with Crippen molar-refractivity contribution in [2.45, 2.75) is 71.1 Å². The highest BCUT2D eigenvalue weighted by Gasteiger charge is 2.30. The number of aryl methyl sites for hydroxylation is 2. The highest BCUT2D eigenvalue weighted by molar-refractivity contribution is 7.90. The predicted octanol–water partition coefficient (Wildman–Crippen LogP) is 3.88. The molecule has 0 saturated heterocycles. The van der Waals surface area contributed by atoms with Gasteiger partial charge in [-0.05, 0) is 51.7 Å². The number of amides is 1. The molecule has 2 rings (SSSR count). The Hall–Kier alpha value is -2.42. The number of hydrogen-bond acceptors (Lipinski definition) is 7. The number of aromatic nitrogens is 2. The van der Waals surface area contributed by atoms with E-state index in [0.717, 1.165) is 11.1 Å². The summed E-state index contributed by atoms with van der Waals surface area (Å²) in [4.78, 5) is 12.1. The first-order valence-electron chi connectivity index (χ1n) is 9.40. The van der Waals surface area contributed by atoms with Gasteiger partial charge >= 0.3 is 11.3 Å². The Morgan fingerprint density at radius 2 is 1.86 bits per heavy atom. The molecule has 0 bridgehead atoms. The van der Waals surface area contributed by atoms with Gasteiger partial charge in [0.25, 0.3) is 0 Å². The molecule has 0 radical (unpaired) electrons. The third-order valence-electron chi connectivity index (χ3n) is 4.14. The summed E-state index contributed by atoms with van der Waals surface area (Å²) < 4.78 is 36.3. The third kappa shape index (κ3) is 6.28. The van der Waals surface area contributed by atoms with Gasteiger partial charge in [-0.25, -0.2) is 13.2 Å². The van der Waals surface area contributed by atoms with E-state index in [1.54, 1.807) is 20.8 Å². The lowest BCUT2D eigenvalue weighted by Crippen LogP contribution is -2.37. The molecule has 0 unspecified atom stereocenters.